The number of allylic oxidation sites excluding steroid dienone is 4. The van der Waals surface area contributed by atoms with Gasteiger partial charge >= 0.3 is 13.8 Å². The van der Waals surface area contributed by atoms with Crippen molar-refractivity contribution >= 4 is 13.8 Å². The van der Waals surface area contributed by atoms with Gasteiger partial charge in [-0.1, -0.05) is 179 Å². The first-order valence-electron chi connectivity index (χ1n) is 23.8. The minimum atomic E-state index is -4.52. The molecule has 0 bridgehead atoms. The Kier molecular flexibility index (Phi) is 43.7. The van der Waals surface area contributed by atoms with E-state index in [0.717, 1.165) is 57.8 Å². The van der Waals surface area contributed by atoms with E-state index in [1.54, 1.807) is 0 Å². The largest absolute Gasteiger partial charge is 0.472 e. The molecule has 0 spiro atoms. The van der Waals surface area contributed by atoms with Gasteiger partial charge in [-0.15, -0.1) is 0 Å². The van der Waals surface area contributed by atoms with E-state index >= 15 is 0 Å². The Morgan fingerprint density at radius 1 is 0.526 bits per heavy atom. The normalized spacial score (nSPS) is 14.1. The van der Waals surface area contributed by atoms with Crippen LogP contribution in [-0.2, 0) is 27.9 Å². The third-order valence-electron chi connectivity index (χ3n) is 10.4. The van der Waals surface area contributed by atoms with Crippen LogP contribution in [0.4, 0.5) is 0 Å². The zero-order valence-electron chi connectivity index (χ0n) is 37.1. The van der Waals surface area contributed by atoms with Crippen LogP contribution in [0, 0.1) is 0 Å². The highest BCUT2D eigenvalue weighted by molar-refractivity contribution is 7.47. The average Bonchev–Trinajstić information content (AvgIpc) is 3.20. The van der Waals surface area contributed by atoms with Gasteiger partial charge in [0.05, 0.1) is 26.4 Å². The summed E-state index contributed by atoms with van der Waals surface area (Å²) in [5, 5.41) is 18.4. The summed E-state index contributed by atoms with van der Waals surface area (Å²) >= 11 is 0. The third kappa shape index (κ3) is 44.3. The topological polar surface area (TPSA) is 132 Å². The summed E-state index contributed by atoms with van der Waals surface area (Å²) < 4.78 is 33.4. The van der Waals surface area contributed by atoms with Crippen molar-refractivity contribution in [3.63, 3.8) is 0 Å². The minimum absolute atomic E-state index is 0.0479. The van der Waals surface area contributed by atoms with Gasteiger partial charge < -0.3 is 24.6 Å². The summed E-state index contributed by atoms with van der Waals surface area (Å²) in [6, 6.07) is 0. The Morgan fingerprint density at radius 3 is 1.32 bits per heavy atom. The fourth-order valence-electron chi connectivity index (χ4n) is 6.70. The predicted octanol–water partition coefficient (Wildman–Crippen LogP) is 13.4. The molecule has 9 nitrogen and oxygen atoms in total. The quantitative estimate of drug-likeness (QED) is 0.0237. The van der Waals surface area contributed by atoms with Crippen LogP contribution in [0.15, 0.2) is 24.3 Å². The number of unbranched alkanes of at least 4 members (excludes halogenated alkanes) is 28. The second kappa shape index (κ2) is 44.5. The van der Waals surface area contributed by atoms with E-state index in [1.807, 2.05) is 0 Å². The molecule has 0 aliphatic heterocycles. The number of aliphatic hydroxyl groups is 2. The van der Waals surface area contributed by atoms with Crippen LogP contribution in [-0.4, -0.2) is 66.3 Å². The van der Waals surface area contributed by atoms with E-state index in [-0.39, 0.29) is 25.6 Å². The fraction of sp³-hybridized carbons (Fsp3) is 0.894. The zero-order chi connectivity index (χ0) is 41.8. The van der Waals surface area contributed by atoms with Crippen molar-refractivity contribution in [1.29, 1.82) is 0 Å². The Morgan fingerprint density at radius 2 is 0.895 bits per heavy atom. The lowest BCUT2D eigenvalue weighted by Crippen LogP contribution is -2.29. The van der Waals surface area contributed by atoms with Gasteiger partial charge in [-0.2, -0.15) is 0 Å². The van der Waals surface area contributed by atoms with Crippen LogP contribution in [0.2, 0.25) is 0 Å². The van der Waals surface area contributed by atoms with Crippen molar-refractivity contribution in [2.45, 2.75) is 238 Å². The molecule has 3 atom stereocenters. The lowest BCUT2D eigenvalue weighted by atomic mass is 10.1. The van der Waals surface area contributed by atoms with Gasteiger partial charge in [-0.05, 0) is 64.2 Å². The van der Waals surface area contributed by atoms with E-state index in [4.69, 9.17) is 23.6 Å². The lowest BCUT2D eigenvalue weighted by Gasteiger charge is -2.20. The summed E-state index contributed by atoms with van der Waals surface area (Å²) in [5.41, 5.74) is 0. The molecule has 0 aromatic heterocycles. The highest BCUT2D eigenvalue weighted by atomic mass is 31.2. The van der Waals surface area contributed by atoms with Gasteiger partial charge in [0.25, 0.3) is 0 Å². The second-order valence-corrected chi connectivity index (χ2v) is 17.6. The summed E-state index contributed by atoms with van der Waals surface area (Å²) in [6.07, 6.45) is 47.1. The molecule has 338 valence electrons. The summed E-state index contributed by atoms with van der Waals surface area (Å²) in [7, 11) is -4.52. The van der Waals surface area contributed by atoms with E-state index in [0.29, 0.717) is 6.61 Å². The van der Waals surface area contributed by atoms with Gasteiger partial charge in [0.15, 0.2) is 0 Å². The number of aliphatic hydroxyl groups excluding tert-OH is 2. The molecule has 3 N–H and O–H groups in total. The van der Waals surface area contributed by atoms with Crippen molar-refractivity contribution in [1.82, 2.24) is 0 Å². The van der Waals surface area contributed by atoms with Gasteiger partial charge in [-0.25, -0.2) is 4.57 Å². The first-order chi connectivity index (χ1) is 27.8. The van der Waals surface area contributed by atoms with Crippen molar-refractivity contribution in [2.24, 2.45) is 0 Å². The van der Waals surface area contributed by atoms with Gasteiger partial charge in [0.1, 0.15) is 12.2 Å². The van der Waals surface area contributed by atoms with Crippen LogP contribution in [0.25, 0.3) is 0 Å². The maximum atomic E-state index is 12.6. The van der Waals surface area contributed by atoms with Crippen molar-refractivity contribution in [3.05, 3.63) is 24.3 Å². The number of carbonyl (C=O) groups excluding carboxylic acids is 1. The first kappa shape index (κ1) is 55.9. The number of hydrogen-bond donors (Lipinski definition) is 3. The molecular weight excluding hydrogens is 739 g/mol. The van der Waals surface area contributed by atoms with Gasteiger partial charge in [-0.3, -0.25) is 13.8 Å². The number of phosphoric ester groups is 1. The lowest BCUT2D eigenvalue weighted by molar-refractivity contribution is -0.154. The van der Waals surface area contributed by atoms with Crippen LogP contribution >= 0.6 is 7.82 Å². The fourth-order valence-corrected chi connectivity index (χ4v) is 7.49. The Balaban J connectivity index is 4.07. The number of phosphoric acid groups is 1. The predicted molar refractivity (Wildman–Crippen MR) is 238 cm³/mol. The molecule has 0 aromatic carbocycles. The maximum Gasteiger partial charge on any atom is 0.472 e. The van der Waals surface area contributed by atoms with Crippen molar-refractivity contribution < 1.29 is 43.0 Å². The van der Waals surface area contributed by atoms with Crippen molar-refractivity contribution in [3.8, 4) is 0 Å². The van der Waals surface area contributed by atoms with Crippen LogP contribution < -0.4 is 0 Å². The standard InChI is InChI=1S/C47H91O9P/c1-3-5-7-9-11-13-15-17-19-20-21-22-23-24-25-26-28-30-32-34-36-38-40-53-43-46(44-55-57(51,52)54-42-45(49)41-48)56-47(50)39-37-35-33-31-29-27-18-16-14-12-10-8-6-4-2/h16,18,20-21,45-46,48-49H,3-15,17,19,22-44H2,1-2H3,(H,51,52)/b18-16-,21-20-. The van der Waals surface area contributed by atoms with Gasteiger partial charge in [0.2, 0.25) is 0 Å². The number of hydrogen-bond acceptors (Lipinski definition) is 8. The van der Waals surface area contributed by atoms with Gasteiger partial charge in [0, 0.05) is 13.0 Å². The molecule has 0 saturated heterocycles. The van der Waals surface area contributed by atoms with Crippen LogP contribution in [0.3, 0.4) is 0 Å². The molecule has 10 heteroatoms. The van der Waals surface area contributed by atoms with Crippen LogP contribution in [0.1, 0.15) is 226 Å². The van der Waals surface area contributed by atoms with Crippen LogP contribution in [0.5, 0.6) is 0 Å². The highest BCUT2D eigenvalue weighted by Gasteiger charge is 2.26. The van der Waals surface area contributed by atoms with E-state index < -0.39 is 33.2 Å². The molecule has 0 fully saturated rings. The zero-order valence-corrected chi connectivity index (χ0v) is 38.0. The molecule has 0 aromatic rings. The molecule has 0 aliphatic rings. The SMILES string of the molecule is CCCCCCC/C=C\CCCCCCCC(=O)OC(COCCCCCCCCCCCC/C=C\CCCCCCCCCC)COP(=O)(O)OCC(O)CO. The number of ether oxygens (including phenoxy) is 2. The molecule has 0 saturated carbocycles. The molecule has 0 aliphatic carbocycles. The molecule has 0 amide bonds. The minimum Gasteiger partial charge on any atom is -0.457 e. The molecule has 0 heterocycles. The summed E-state index contributed by atoms with van der Waals surface area (Å²) in [5.74, 6) is -0.389. The van der Waals surface area contributed by atoms with E-state index in [2.05, 4.69) is 38.2 Å². The Bertz CT molecular complexity index is 944. The maximum absolute atomic E-state index is 12.6. The monoisotopic (exact) mass is 831 g/mol. The number of carbonyl (C=O) groups is 1. The summed E-state index contributed by atoms with van der Waals surface area (Å²) in [6.45, 7) is 3.53. The Labute approximate surface area is 351 Å². The van der Waals surface area contributed by atoms with E-state index in [9.17, 15) is 19.4 Å². The third-order valence-corrected chi connectivity index (χ3v) is 11.3. The highest BCUT2D eigenvalue weighted by Crippen LogP contribution is 2.43. The van der Waals surface area contributed by atoms with E-state index in [1.165, 1.54) is 148 Å². The molecule has 3 unspecified atom stereocenters. The molecule has 57 heavy (non-hydrogen) atoms. The number of rotatable bonds is 46. The first-order valence-corrected chi connectivity index (χ1v) is 25.3. The number of esters is 1. The molecule has 0 rings (SSSR count). The molecule has 0 radical (unpaired) electrons. The Hall–Kier alpha value is -1.06. The summed E-state index contributed by atoms with van der Waals surface area (Å²) in [4.78, 5) is 22.6. The second-order valence-electron chi connectivity index (χ2n) is 16.1. The van der Waals surface area contributed by atoms with Crippen molar-refractivity contribution in [2.75, 3.05) is 33.0 Å². The average molecular weight is 831 g/mol. The molecular formula is C47H91O9P. The smallest absolute Gasteiger partial charge is 0.457 e.